The van der Waals surface area contributed by atoms with E-state index in [0.29, 0.717) is 0 Å². The van der Waals surface area contributed by atoms with Gasteiger partial charge in [-0.25, -0.2) is 0 Å². The van der Waals surface area contributed by atoms with Crippen LogP contribution in [0, 0.1) is 34.6 Å². The van der Waals surface area contributed by atoms with Crippen LogP contribution in [0.5, 0.6) is 0 Å². The maximum atomic E-state index is 4.23. The maximum Gasteiger partial charge on any atom is 0.0973 e. The molecule has 0 bridgehead atoms. The zero-order valence-corrected chi connectivity index (χ0v) is 12.5. The van der Waals surface area contributed by atoms with Crippen LogP contribution in [0.25, 0.3) is 0 Å². The third-order valence-electron chi connectivity index (χ3n) is 4.06. The molecule has 0 radical (unpaired) electrons. The van der Waals surface area contributed by atoms with Crippen LogP contribution in [0.15, 0.2) is 30.3 Å². The van der Waals surface area contributed by atoms with E-state index >= 15 is 0 Å². The van der Waals surface area contributed by atoms with Crippen LogP contribution in [0.3, 0.4) is 0 Å². The number of hydrogen-bond acceptors (Lipinski definition) is 1. The van der Waals surface area contributed by atoms with Gasteiger partial charge in [0.2, 0.25) is 0 Å². The van der Waals surface area contributed by atoms with E-state index < -0.39 is 0 Å². The van der Waals surface area contributed by atoms with Gasteiger partial charge in [0.15, 0.2) is 0 Å². The predicted molar refractivity (Wildman–Crippen MR) is 81.6 cm³/mol. The first-order chi connectivity index (χ1) is 8.91. The van der Waals surface area contributed by atoms with E-state index in [-0.39, 0.29) is 0 Å². The van der Waals surface area contributed by atoms with Crippen molar-refractivity contribution in [1.29, 1.82) is 0 Å². The van der Waals surface area contributed by atoms with E-state index in [9.17, 15) is 0 Å². The smallest absolute Gasteiger partial charge is 0.0973 e. The summed E-state index contributed by atoms with van der Waals surface area (Å²) in [6, 6.07) is 10.7. The molecule has 0 aliphatic carbocycles. The minimum atomic E-state index is 1.13. The molecule has 0 saturated carbocycles. The Labute approximate surface area is 115 Å². The zero-order valence-electron chi connectivity index (χ0n) is 12.5. The van der Waals surface area contributed by atoms with E-state index in [4.69, 9.17) is 0 Å². The monoisotopic (exact) mass is 255 g/mol. The summed E-state index contributed by atoms with van der Waals surface area (Å²) in [5, 5.41) is 2.03. The summed E-state index contributed by atoms with van der Waals surface area (Å²) in [5.41, 5.74) is 8.93. The van der Waals surface area contributed by atoms with Crippen molar-refractivity contribution < 1.29 is 5.84 Å². The van der Waals surface area contributed by atoms with Crippen LogP contribution < -0.4 is 10.9 Å². The molecule has 100 valence electrons. The quantitative estimate of drug-likeness (QED) is 0.818. The number of nitrogens with zero attached hydrogens (tertiary/aromatic N) is 1. The molecule has 2 aromatic rings. The first-order valence-electron chi connectivity index (χ1n) is 6.66. The Morgan fingerprint density at radius 2 is 1.53 bits per heavy atom. The van der Waals surface area contributed by atoms with Gasteiger partial charge in [-0.3, -0.25) is 5.84 Å². The molecule has 0 aliphatic heterocycles. The average molecular weight is 255 g/mol. The van der Waals surface area contributed by atoms with Gasteiger partial charge in [0.1, 0.15) is 0 Å². The Morgan fingerprint density at radius 1 is 0.842 bits per heavy atom. The van der Waals surface area contributed by atoms with E-state index in [0.717, 1.165) is 5.69 Å². The van der Waals surface area contributed by atoms with Gasteiger partial charge in [-0.1, -0.05) is 12.1 Å². The maximum absolute atomic E-state index is 4.23. The molecule has 2 aromatic carbocycles. The molecule has 0 aliphatic rings. The lowest BCUT2D eigenvalue weighted by Gasteiger charge is -2.21. The molecule has 0 aromatic heterocycles. The summed E-state index contributed by atoms with van der Waals surface area (Å²) in [7, 11) is 0. The molecule has 2 heteroatoms. The van der Waals surface area contributed by atoms with Gasteiger partial charge in [0.05, 0.1) is 11.4 Å². The molecule has 2 nitrogen and oxygen atoms in total. The SMILES string of the molecule is Cc1cccc(N([NH3+])c2cc(C)c(C)c(C)c2C)c1. The molecule has 3 N–H and O–H groups in total. The lowest BCUT2D eigenvalue weighted by molar-refractivity contribution is -0.371. The second kappa shape index (κ2) is 5.06. The average Bonchev–Trinajstić information content (AvgIpc) is 2.40. The van der Waals surface area contributed by atoms with Gasteiger partial charge in [0, 0.05) is 0 Å². The molecule has 0 fully saturated rings. The zero-order chi connectivity index (χ0) is 14.2. The lowest BCUT2D eigenvalue weighted by atomic mass is 9.97. The number of benzene rings is 2. The third-order valence-corrected chi connectivity index (χ3v) is 4.06. The molecular weight excluding hydrogens is 232 g/mol. The highest BCUT2D eigenvalue weighted by Gasteiger charge is 2.14. The predicted octanol–water partition coefficient (Wildman–Crippen LogP) is 3.52. The third kappa shape index (κ3) is 2.49. The Balaban J connectivity index is 2.53. The van der Waals surface area contributed by atoms with Gasteiger partial charge < -0.3 is 0 Å². The summed E-state index contributed by atoms with van der Waals surface area (Å²) in [6.07, 6.45) is 0. The summed E-state index contributed by atoms with van der Waals surface area (Å²) in [6.45, 7) is 10.8. The topological polar surface area (TPSA) is 30.9 Å². The highest BCUT2D eigenvalue weighted by atomic mass is 15.4. The lowest BCUT2D eigenvalue weighted by Crippen LogP contribution is -2.65. The van der Waals surface area contributed by atoms with Crippen LogP contribution in [0.2, 0.25) is 0 Å². The minimum Gasteiger partial charge on any atom is -0.250 e. The Morgan fingerprint density at radius 3 is 2.16 bits per heavy atom. The standard InChI is InChI=1S/C17H22N2/c1-11-7-6-8-16(9-11)19(18)17-10-12(2)13(3)14(4)15(17)5/h6-10H,18H2,1-5H3/p+1. The largest absolute Gasteiger partial charge is 0.250 e. The summed E-state index contributed by atoms with van der Waals surface area (Å²) in [4.78, 5) is 0. The number of aryl methyl sites for hydroxylation is 2. The van der Waals surface area contributed by atoms with Crippen LogP contribution in [-0.2, 0) is 0 Å². The van der Waals surface area contributed by atoms with Crippen molar-refractivity contribution in [2.75, 3.05) is 5.01 Å². The van der Waals surface area contributed by atoms with Crippen LogP contribution in [0.1, 0.15) is 27.8 Å². The van der Waals surface area contributed by atoms with E-state index in [1.807, 2.05) is 5.01 Å². The van der Waals surface area contributed by atoms with Gasteiger partial charge >= 0.3 is 0 Å². The molecule has 0 saturated heterocycles. The van der Waals surface area contributed by atoms with Crippen LogP contribution in [0.4, 0.5) is 11.4 Å². The Bertz CT molecular complexity index is 615. The van der Waals surface area contributed by atoms with Crippen molar-refractivity contribution in [3.8, 4) is 0 Å². The van der Waals surface area contributed by atoms with Crippen molar-refractivity contribution in [2.24, 2.45) is 0 Å². The van der Waals surface area contributed by atoms with Crippen molar-refractivity contribution in [3.05, 3.63) is 58.1 Å². The minimum absolute atomic E-state index is 1.13. The highest BCUT2D eigenvalue weighted by Crippen LogP contribution is 2.30. The normalized spacial score (nSPS) is 10.6. The van der Waals surface area contributed by atoms with Crippen LogP contribution >= 0.6 is 0 Å². The summed E-state index contributed by atoms with van der Waals surface area (Å²) < 4.78 is 0. The summed E-state index contributed by atoms with van der Waals surface area (Å²) in [5.74, 6) is 4.23. The van der Waals surface area contributed by atoms with E-state index in [2.05, 4.69) is 70.8 Å². The number of hydrogen-bond donors (Lipinski definition) is 1. The molecule has 0 amide bonds. The van der Waals surface area contributed by atoms with Crippen molar-refractivity contribution in [1.82, 2.24) is 0 Å². The molecule has 0 unspecified atom stereocenters. The van der Waals surface area contributed by atoms with Gasteiger partial charge in [-0.05, 0) is 80.6 Å². The fourth-order valence-corrected chi connectivity index (χ4v) is 2.41. The number of quaternary nitrogens is 1. The fraction of sp³-hybridized carbons (Fsp3) is 0.294. The van der Waals surface area contributed by atoms with E-state index in [1.54, 1.807) is 0 Å². The first-order valence-corrected chi connectivity index (χ1v) is 6.66. The van der Waals surface area contributed by atoms with Gasteiger partial charge in [-0.15, -0.1) is 0 Å². The first kappa shape index (κ1) is 13.6. The second-order valence-electron chi connectivity index (χ2n) is 5.35. The molecule has 0 spiro atoms. The Kier molecular flexibility index (Phi) is 3.63. The molecule has 0 heterocycles. The Hall–Kier alpha value is -1.80. The molecule has 0 atom stereocenters. The molecule has 2 rings (SSSR count). The van der Waals surface area contributed by atoms with E-state index in [1.165, 1.54) is 33.5 Å². The van der Waals surface area contributed by atoms with Crippen molar-refractivity contribution in [3.63, 3.8) is 0 Å². The van der Waals surface area contributed by atoms with Gasteiger partial charge in [0.25, 0.3) is 0 Å². The highest BCUT2D eigenvalue weighted by molar-refractivity contribution is 5.67. The van der Waals surface area contributed by atoms with Crippen molar-refractivity contribution in [2.45, 2.75) is 34.6 Å². The van der Waals surface area contributed by atoms with Crippen LogP contribution in [-0.4, -0.2) is 0 Å². The molecule has 19 heavy (non-hydrogen) atoms. The van der Waals surface area contributed by atoms with Gasteiger partial charge in [-0.2, -0.15) is 5.01 Å². The number of rotatable bonds is 2. The van der Waals surface area contributed by atoms with Crippen molar-refractivity contribution >= 4 is 11.4 Å². The molecular formula is C17H23N2+. The fourth-order valence-electron chi connectivity index (χ4n) is 2.41. The summed E-state index contributed by atoms with van der Waals surface area (Å²) >= 11 is 0. The second-order valence-corrected chi connectivity index (χ2v) is 5.35. The number of anilines is 2.